The Hall–Kier alpha value is -5.84. The third-order valence-electron chi connectivity index (χ3n) is 10.8. The van der Waals surface area contributed by atoms with E-state index in [4.69, 9.17) is 9.97 Å². The fourth-order valence-electron chi connectivity index (χ4n) is 7.81. The zero-order valence-electron chi connectivity index (χ0n) is 31.8. The summed E-state index contributed by atoms with van der Waals surface area (Å²) in [4.78, 5) is 41.1. The summed E-state index contributed by atoms with van der Waals surface area (Å²) in [7, 11) is 0. The monoisotopic (exact) mass is 752 g/mol. The van der Waals surface area contributed by atoms with E-state index in [1.54, 1.807) is 36.4 Å². The van der Waals surface area contributed by atoms with Gasteiger partial charge in [-0.05, 0) is 103 Å². The molecular formula is C46H48N4O6. The van der Waals surface area contributed by atoms with E-state index in [2.05, 4.69) is 23.8 Å². The third kappa shape index (κ3) is 7.80. The minimum absolute atomic E-state index is 0.135. The lowest BCUT2D eigenvalue weighted by Gasteiger charge is -2.13. The highest BCUT2D eigenvalue weighted by molar-refractivity contribution is 5.94. The van der Waals surface area contributed by atoms with Gasteiger partial charge in [0.2, 0.25) is 0 Å². The summed E-state index contributed by atoms with van der Waals surface area (Å²) in [6.45, 7) is 4.34. The predicted octanol–water partition coefficient (Wildman–Crippen LogP) is 10.2. The zero-order chi connectivity index (χ0) is 39.3. The van der Waals surface area contributed by atoms with Crippen molar-refractivity contribution in [3.63, 3.8) is 0 Å². The number of aromatic nitrogens is 4. The predicted molar refractivity (Wildman–Crippen MR) is 220 cm³/mol. The molecule has 0 aliphatic carbocycles. The molecule has 6 N–H and O–H groups in total. The summed E-state index contributed by atoms with van der Waals surface area (Å²) in [5, 5.41) is 43.0. The van der Waals surface area contributed by atoms with Crippen molar-refractivity contribution < 1.29 is 30.0 Å². The molecule has 288 valence electrons. The van der Waals surface area contributed by atoms with Gasteiger partial charge in [-0.25, -0.2) is 14.6 Å². The first-order chi connectivity index (χ1) is 27.2. The van der Waals surface area contributed by atoms with Gasteiger partial charge in [-0.15, -0.1) is 0 Å². The van der Waals surface area contributed by atoms with Crippen LogP contribution in [0.25, 0.3) is 56.5 Å². The van der Waals surface area contributed by atoms with Crippen molar-refractivity contribution in [2.24, 2.45) is 0 Å². The van der Waals surface area contributed by atoms with Crippen molar-refractivity contribution in [2.75, 3.05) is 0 Å². The van der Waals surface area contributed by atoms with Crippen LogP contribution in [0.4, 0.5) is 0 Å². The molecule has 0 saturated heterocycles. The van der Waals surface area contributed by atoms with Crippen LogP contribution >= 0.6 is 0 Å². The topological polar surface area (TPSA) is 172 Å². The Bertz CT molecular complexity index is 2440. The Balaban J connectivity index is 1.59. The summed E-state index contributed by atoms with van der Waals surface area (Å²) >= 11 is 0. The number of hydrogen-bond acceptors (Lipinski definition) is 6. The average molecular weight is 753 g/mol. The first-order valence-electron chi connectivity index (χ1n) is 19.7. The molecule has 8 bridgehead atoms. The van der Waals surface area contributed by atoms with Crippen molar-refractivity contribution in [3.05, 3.63) is 118 Å². The Kier molecular flexibility index (Phi) is 11.6. The molecule has 2 aliphatic rings. The maximum absolute atomic E-state index is 11.9. The lowest BCUT2D eigenvalue weighted by atomic mass is 9.97. The third-order valence-corrected chi connectivity index (χ3v) is 10.8. The Labute approximate surface area is 325 Å². The number of carboxylic acids is 2. The van der Waals surface area contributed by atoms with E-state index in [9.17, 15) is 30.0 Å². The number of fused-ring (bicyclic) bond motifs is 8. The van der Waals surface area contributed by atoms with Crippen LogP contribution < -0.4 is 0 Å². The van der Waals surface area contributed by atoms with Crippen LogP contribution in [0.15, 0.2) is 72.8 Å². The molecule has 10 heteroatoms. The number of nitrogens with zero attached hydrogens (tertiary/aromatic N) is 2. The SMILES string of the molecule is CCCCCCc1c2nc(c(-c3ccc(C(=O)O)cc3)c3ccc([nH]3)c(CCCCCC)c3nc(c(-c4ccc(C(=O)O)cc4)c4ccc1[nH]4)[C@H](O)[C@H]3O)C=C2. The zero-order valence-corrected chi connectivity index (χ0v) is 31.8. The Morgan fingerprint density at radius 2 is 1.00 bits per heavy atom. The molecule has 56 heavy (non-hydrogen) atoms. The van der Waals surface area contributed by atoms with Crippen molar-refractivity contribution in [3.8, 4) is 22.3 Å². The fourth-order valence-corrected chi connectivity index (χ4v) is 7.81. The number of unbranched alkanes of at least 4 members (excludes halogenated alkanes) is 6. The fraction of sp³-hybridized carbons (Fsp3) is 0.304. The normalized spacial score (nSPS) is 15.0. The number of hydrogen-bond donors (Lipinski definition) is 6. The van der Waals surface area contributed by atoms with Gasteiger partial charge in [0.05, 0.1) is 33.9 Å². The molecule has 5 aromatic rings. The maximum atomic E-state index is 11.9. The molecule has 0 unspecified atom stereocenters. The second-order valence-corrected chi connectivity index (χ2v) is 14.7. The van der Waals surface area contributed by atoms with E-state index < -0.39 is 24.1 Å². The molecule has 0 saturated carbocycles. The van der Waals surface area contributed by atoms with Crippen LogP contribution in [-0.4, -0.2) is 52.3 Å². The van der Waals surface area contributed by atoms with Crippen LogP contribution in [0.3, 0.4) is 0 Å². The van der Waals surface area contributed by atoms with Crippen LogP contribution in [0.2, 0.25) is 0 Å². The molecule has 0 amide bonds. The average Bonchev–Trinajstić information content (AvgIpc) is 4.03. The molecule has 2 aromatic carbocycles. The minimum atomic E-state index is -1.35. The minimum Gasteiger partial charge on any atom is -0.478 e. The number of aromatic amines is 2. The van der Waals surface area contributed by atoms with Gasteiger partial charge in [0.1, 0.15) is 12.2 Å². The molecule has 2 atom stereocenters. The number of carbonyl (C=O) groups is 2. The molecule has 7 rings (SSSR count). The van der Waals surface area contributed by atoms with Crippen molar-refractivity contribution in [1.29, 1.82) is 0 Å². The van der Waals surface area contributed by atoms with Gasteiger partial charge in [0.25, 0.3) is 0 Å². The van der Waals surface area contributed by atoms with E-state index >= 15 is 0 Å². The number of rotatable bonds is 14. The largest absolute Gasteiger partial charge is 0.478 e. The molecule has 3 aromatic heterocycles. The van der Waals surface area contributed by atoms with Crippen LogP contribution in [0, 0.1) is 0 Å². The van der Waals surface area contributed by atoms with E-state index in [0.717, 1.165) is 108 Å². The molecule has 2 aliphatic heterocycles. The van der Waals surface area contributed by atoms with Gasteiger partial charge in [-0.2, -0.15) is 0 Å². The second kappa shape index (κ2) is 16.9. The highest BCUT2D eigenvalue weighted by Gasteiger charge is 2.34. The summed E-state index contributed by atoms with van der Waals surface area (Å²) in [6.07, 6.45) is 10.9. The van der Waals surface area contributed by atoms with Crippen LogP contribution in [0.1, 0.15) is 132 Å². The van der Waals surface area contributed by atoms with Crippen LogP contribution in [-0.2, 0) is 12.8 Å². The van der Waals surface area contributed by atoms with E-state index in [1.165, 1.54) is 12.1 Å². The Morgan fingerprint density at radius 1 is 0.536 bits per heavy atom. The summed E-state index contributed by atoms with van der Waals surface area (Å²) < 4.78 is 0. The summed E-state index contributed by atoms with van der Waals surface area (Å²) in [5.74, 6) is -2.04. The lowest BCUT2D eigenvalue weighted by molar-refractivity contribution is 0.0252. The molecule has 0 spiro atoms. The second-order valence-electron chi connectivity index (χ2n) is 14.7. The maximum Gasteiger partial charge on any atom is 0.335 e. The Morgan fingerprint density at radius 3 is 1.55 bits per heavy atom. The lowest BCUT2D eigenvalue weighted by Crippen LogP contribution is -2.06. The summed E-state index contributed by atoms with van der Waals surface area (Å²) in [6, 6.07) is 21.2. The highest BCUT2D eigenvalue weighted by atomic mass is 16.4. The smallest absolute Gasteiger partial charge is 0.335 e. The van der Waals surface area contributed by atoms with Gasteiger partial charge < -0.3 is 30.4 Å². The summed E-state index contributed by atoms with van der Waals surface area (Å²) in [5.41, 5.74) is 10.2. The standard InChI is InChI=1S/C46H48N4O6/c1-3-5-7-9-11-31-33-21-24-36(47-33)39(27-13-17-29(18-14-27)45(53)54)37-25-23-35(49-37)32(12-10-8-6-4-2)41-43(51)44(52)42(50-41)40(38-26-22-34(31)48-38)28-15-19-30(20-16-28)46(55)56/h13-26,43-44,48-49,51-52H,3-12H2,1-2H3,(H,53,54)(H,55,56)/t43-,44-/m0/s1. The number of benzene rings is 2. The number of carboxylic acid groups (broad SMARTS) is 2. The van der Waals surface area contributed by atoms with Gasteiger partial charge in [-0.3, -0.25) is 4.98 Å². The van der Waals surface area contributed by atoms with Gasteiger partial charge in [0, 0.05) is 38.8 Å². The molecule has 0 fully saturated rings. The molecule has 0 radical (unpaired) electrons. The van der Waals surface area contributed by atoms with Crippen molar-refractivity contribution >= 4 is 46.2 Å². The first kappa shape index (κ1) is 38.4. The van der Waals surface area contributed by atoms with Crippen LogP contribution in [0.5, 0.6) is 0 Å². The molecular weight excluding hydrogens is 705 g/mol. The number of H-pyrrole nitrogens is 2. The number of aromatic carboxylic acids is 2. The number of aliphatic hydroxyl groups is 2. The number of aliphatic hydroxyl groups excluding tert-OH is 2. The number of aryl methyl sites for hydroxylation is 2. The van der Waals surface area contributed by atoms with Crippen molar-refractivity contribution in [1.82, 2.24) is 19.9 Å². The van der Waals surface area contributed by atoms with Gasteiger partial charge in [-0.1, -0.05) is 76.6 Å². The highest BCUT2D eigenvalue weighted by Crippen LogP contribution is 2.42. The van der Waals surface area contributed by atoms with Crippen molar-refractivity contribution in [2.45, 2.75) is 90.3 Å². The molecule has 10 nitrogen and oxygen atoms in total. The number of nitrogens with one attached hydrogen (secondary N) is 2. The quantitative estimate of drug-likeness (QED) is 0.0597. The van der Waals surface area contributed by atoms with E-state index in [1.807, 2.05) is 36.4 Å². The first-order valence-corrected chi connectivity index (χ1v) is 19.7. The van der Waals surface area contributed by atoms with E-state index in [-0.39, 0.29) is 16.8 Å². The van der Waals surface area contributed by atoms with Gasteiger partial charge >= 0.3 is 11.9 Å². The molecule has 5 heterocycles. The van der Waals surface area contributed by atoms with Gasteiger partial charge in [0.15, 0.2) is 0 Å². The van der Waals surface area contributed by atoms with E-state index in [0.29, 0.717) is 28.8 Å².